The van der Waals surface area contributed by atoms with E-state index in [-0.39, 0.29) is 31.0 Å². The van der Waals surface area contributed by atoms with Crippen molar-refractivity contribution in [2.45, 2.75) is 25.4 Å². The number of hydrogen-bond acceptors (Lipinski definition) is 7. The Hall–Kier alpha value is -3.57. The second-order valence-electron chi connectivity index (χ2n) is 8.37. The average Bonchev–Trinajstić information content (AvgIpc) is 3.47. The highest BCUT2D eigenvalue weighted by molar-refractivity contribution is 7.12. The van der Waals surface area contributed by atoms with Crippen LogP contribution in [0.4, 0.5) is 24.5 Å². The minimum absolute atomic E-state index is 0.0471. The first-order valence-corrected chi connectivity index (χ1v) is 12.7. The first-order chi connectivity index (χ1) is 18.0. The van der Waals surface area contributed by atoms with Crippen LogP contribution in [-0.2, 0) is 17.4 Å². The van der Waals surface area contributed by atoms with Crippen LogP contribution in [0.15, 0.2) is 54.4 Å². The molecule has 4 rings (SSSR count). The number of anilines is 2. The summed E-state index contributed by atoms with van der Waals surface area (Å²) in [4.78, 5) is 11.8. The first kappa shape index (κ1) is 27.5. The van der Waals surface area contributed by atoms with Crippen molar-refractivity contribution in [1.82, 2.24) is 0 Å². The number of carbonyl (C=O) groups is 1. The molecule has 1 aromatic heterocycles. The molecule has 0 atom stereocenters. The summed E-state index contributed by atoms with van der Waals surface area (Å²) in [6.45, 7) is 0.398. The maximum atomic E-state index is 13.8. The molecular weight excluding hydrogens is 545 g/mol. The number of aliphatic carboxylic acids is 1. The molecule has 0 aliphatic carbocycles. The molecule has 38 heavy (non-hydrogen) atoms. The maximum absolute atomic E-state index is 13.8. The van der Waals surface area contributed by atoms with E-state index in [4.69, 9.17) is 26.2 Å². The molecule has 2 N–H and O–H groups in total. The zero-order chi connectivity index (χ0) is 27.4. The third-order valence-corrected chi connectivity index (χ3v) is 7.18. The van der Waals surface area contributed by atoms with Crippen molar-refractivity contribution < 1.29 is 37.7 Å². The van der Waals surface area contributed by atoms with Crippen molar-refractivity contribution in [3.8, 4) is 11.5 Å². The number of methoxy groups -OCH3 is 1. The van der Waals surface area contributed by atoms with E-state index < -0.39 is 22.9 Å². The van der Waals surface area contributed by atoms with Gasteiger partial charge in [-0.25, -0.2) is 0 Å². The van der Waals surface area contributed by atoms with Crippen LogP contribution < -0.4 is 24.8 Å². The van der Waals surface area contributed by atoms with E-state index in [2.05, 4.69) is 5.32 Å². The minimum Gasteiger partial charge on any atom is -0.859 e. The molecule has 2 heterocycles. The summed E-state index contributed by atoms with van der Waals surface area (Å²) in [7, 11) is 1.46. The smallest absolute Gasteiger partial charge is 0.425 e. The number of rotatable bonds is 10. The van der Waals surface area contributed by atoms with Gasteiger partial charge in [0.1, 0.15) is 16.4 Å². The third-order valence-electron chi connectivity index (χ3n) is 5.70. The average molecular weight is 568 g/mol. The molecule has 202 valence electrons. The van der Waals surface area contributed by atoms with Gasteiger partial charge in [-0.1, -0.05) is 23.7 Å². The van der Waals surface area contributed by atoms with Crippen molar-refractivity contribution in [3.05, 3.63) is 74.8 Å². The minimum atomic E-state index is -4.49. The van der Waals surface area contributed by atoms with E-state index >= 15 is 0 Å². The van der Waals surface area contributed by atoms with Gasteiger partial charge >= 0.3 is 12.1 Å². The van der Waals surface area contributed by atoms with Gasteiger partial charge in [-0.2, -0.15) is 13.2 Å². The SMILES string of the molecule is COc1cc(NC(=C([O-])N2CCc3sc(C(F)(F)F)cc32)c2ccc(Cl)cc2)cc(OCCCC(=O)O)c1. The van der Waals surface area contributed by atoms with E-state index in [9.17, 15) is 23.1 Å². The van der Waals surface area contributed by atoms with Crippen molar-refractivity contribution in [2.75, 3.05) is 30.5 Å². The van der Waals surface area contributed by atoms with Crippen LogP contribution in [0.1, 0.15) is 28.2 Å². The molecule has 7 nitrogen and oxygen atoms in total. The Morgan fingerprint density at radius 1 is 1.18 bits per heavy atom. The van der Waals surface area contributed by atoms with Gasteiger partial charge in [0.15, 0.2) is 0 Å². The summed E-state index contributed by atoms with van der Waals surface area (Å²) in [5.41, 5.74) is 1.27. The summed E-state index contributed by atoms with van der Waals surface area (Å²) in [6, 6.07) is 12.4. The predicted molar refractivity (Wildman–Crippen MR) is 138 cm³/mol. The zero-order valence-electron chi connectivity index (χ0n) is 20.1. The molecular formula is C26H23ClF3N2O5S-. The molecule has 0 fully saturated rings. The number of hydrogen-bond donors (Lipinski definition) is 2. The molecule has 0 amide bonds. The number of nitrogens with zero attached hydrogens (tertiary/aromatic N) is 1. The topological polar surface area (TPSA) is 94.1 Å². The number of carboxylic acids is 1. The second kappa shape index (κ2) is 11.4. The summed E-state index contributed by atoms with van der Waals surface area (Å²) in [5.74, 6) is -0.636. The largest absolute Gasteiger partial charge is 0.859 e. The summed E-state index contributed by atoms with van der Waals surface area (Å²) >= 11 is 6.68. The molecule has 0 saturated carbocycles. The number of alkyl halides is 3. The molecule has 1 aliphatic heterocycles. The van der Waals surface area contributed by atoms with Crippen LogP contribution in [0.25, 0.3) is 5.70 Å². The molecule has 0 spiro atoms. The van der Waals surface area contributed by atoms with Crippen molar-refractivity contribution in [3.63, 3.8) is 0 Å². The van der Waals surface area contributed by atoms with E-state index in [1.165, 1.54) is 12.0 Å². The highest BCUT2D eigenvalue weighted by Crippen LogP contribution is 2.44. The first-order valence-electron chi connectivity index (χ1n) is 11.5. The van der Waals surface area contributed by atoms with E-state index in [0.29, 0.717) is 56.8 Å². The van der Waals surface area contributed by atoms with Gasteiger partial charge in [-0.05, 0) is 36.1 Å². The van der Waals surface area contributed by atoms with Gasteiger partial charge in [-0.3, -0.25) is 4.79 Å². The van der Waals surface area contributed by atoms with Crippen LogP contribution in [0.3, 0.4) is 0 Å². The zero-order valence-corrected chi connectivity index (χ0v) is 21.7. The van der Waals surface area contributed by atoms with E-state index in [0.717, 1.165) is 6.07 Å². The lowest BCUT2D eigenvalue weighted by Crippen LogP contribution is -2.31. The van der Waals surface area contributed by atoms with Gasteiger partial charge < -0.3 is 29.9 Å². The number of halogens is 4. The number of fused-ring (bicyclic) bond motifs is 1. The van der Waals surface area contributed by atoms with Crippen molar-refractivity contribution in [1.29, 1.82) is 0 Å². The highest BCUT2D eigenvalue weighted by Gasteiger charge is 2.36. The Labute approximate surface area is 225 Å². The third kappa shape index (κ3) is 6.46. The fourth-order valence-corrected chi connectivity index (χ4v) is 5.06. The fourth-order valence-electron chi connectivity index (χ4n) is 3.91. The van der Waals surface area contributed by atoms with Crippen LogP contribution in [-0.4, -0.2) is 31.3 Å². The Kier molecular flexibility index (Phi) is 8.27. The van der Waals surface area contributed by atoms with Gasteiger partial charge in [0.2, 0.25) is 0 Å². The molecule has 3 aromatic rings. The van der Waals surface area contributed by atoms with Crippen LogP contribution in [0, 0.1) is 0 Å². The Balaban J connectivity index is 1.69. The highest BCUT2D eigenvalue weighted by atomic mass is 35.5. The summed E-state index contributed by atoms with van der Waals surface area (Å²) in [5, 5.41) is 26.1. The van der Waals surface area contributed by atoms with Gasteiger partial charge in [0.25, 0.3) is 0 Å². The monoisotopic (exact) mass is 567 g/mol. The van der Waals surface area contributed by atoms with Crippen LogP contribution in [0.2, 0.25) is 5.02 Å². The number of ether oxygens (including phenoxy) is 2. The van der Waals surface area contributed by atoms with Gasteiger partial charge in [-0.15, -0.1) is 11.3 Å². The quantitative estimate of drug-likeness (QED) is 0.235. The Bertz CT molecular complexity index is 1340. The second-order valence-corrected chi connectivity index (χ2v) is 9.95. The lowest BCUT2D eigenvalue weighted by molar-refractivity contribution is -0.303. The number of nitrogens with one attached hydrogen (secondary N) is 1. The lowest BCUT2D eigenvalue weighted by Gasteiger charge is -2.31. The van der Waals surface area contributed by atoms with Crippen LogP contribution >= 0.6 is 22.9 Å². The molecule has 0 radical (unpaired) electrons. The van der Waals surface area contributed by atoms with Gasteiger partial charge in [0, 0.05) is 53.2 Å². The maximum Gasteiger partial charge on any atom is 0.425 e. The summed E-state index contributed by atoms with van der Waals surface area (Å²) < 4.78 is 50.9. The number of thiophene rings is 1. The van der Waals surface area contributed by atoms with Crippen molar-refractivity contribution >= 4 is 46.0 Å². The predicted octanol–water partition coefficient (Wildman–Crippen LogP) is 5.83. The number of benzene rings is 2. The Morgan fingerprint density at radius 2 is 1.89 bits per heavy atom. The molecule has 0 saturated heterocycles. The molecule has 0 bridgehead atoms. The summed E-state index contributed by atoms with van der Waals surface area (Å²) in [6.07, 6.45) is -3.92. The number of carboxylic acid groups (broad SMARTS) is 1. The van der Waals surface area contributed by atoms with Gasteiger partial charge in [0.05, 0.1) is 25.1 Å². The standard InChI is InChI=1S/C26H24ClF3N2O5S/c1-36-18-11-17(12-19(13-18)37-10-2-3-23(33)34)31-24(15-4-6-16(27)7-5-15)25(35)32-9-8-21-20(32)14-22(38-21)26(28,29)30/h4-7,11-14,31,35H,2-3,8-10H2,1H3,(H,33,34)/p-1. The van der Waals surface area contributed by atoms with E-state index in [1.807, 2.05) is 0 Å². The molecule has 1 aliphatic rings. The molecule has 2 aromatic carbocycles. The molecule has 0 unspecified atom stereocenters. The fraction of sp³-hybridized carbons (Fsp3) is 0.269. The molecule has 12 heteroatoms. The van der Waals surface area contributed by atoms with E-state index in [1.54, 1.807) is 42.5 Å². The lowest BCUT2D eigenvalue weighted by atomic mass is 10.1. The Morgan fingerprint density at radius 3 is 2.55 bits per heavy atom. The normalized spacial score (nSPS) is 13.7. The van der Waals surface area contributed by atoms with Crippen LogP contribution in [0.5, 0.6) is 11.5 Å². The van der Waals surface area contributed by atoms with Crippen molar-refractivity contribution in [2.24, 2.45) is 0 Å².